The van der Waals surface area contributed by atoms with Crippen molar-refractivity contribution >= 4 is 0 Å². The molecule has 0 atom stereocenters. The molecule has 0 bridgehead atoms. The summed E-state index contributed by atoms with van der Waals surface area (Å²) < 4.78 is 0. The van der Waals surface area contributed by atoms with Crippen LogP contribution in [-0.2, 0) is 0 Å². The Morgan fingerprint density at radius 3 is 1.80 bits per heavy atom. The van der Waals surface area contributed by atoms with Crippen molar-refractivity contribution < 1.29 is 18.9 Å². The Bertz CT molecular complexity index is 80.9. The van der Waals surface area contributed by atoms with E-state index in [1.807, 2.05) is 0 Å². The standard InChI is InChI=1S/C5H6.C4H9.Li/c1-2-4-5-3-1;1-3-4-2;/h1-4H,5H2;1,3-4H2,2H3;/q;-1;+1. The molecule has 0 N–H and O–H groups in total. The van der Waals surface area contributed by atoms with Crippen LogP contribution >= 0.6 is 0 Å². The van der Waals surface area contributed by atoms with Gasteiger partial charge in [-0.3, -0.25) is 0 Å². The van der Waals surface area contributed by atoms with E-state index in [9.17, 15) is 0 Å². The van der Waals surface area contributed by atoms with Crippen LogP contribution in [0.4, 0.5) is 0 Å². The van der Waals surface area contributed by atoms with Crippen molar-refractivity contribution in [1.29, 1.82) is 0 Å². The van der Waals surface area contributed by atoms with Gasteiger partial charge in [-0.2, -0.15) is 6.42 Å². The first-order valence-corrected chi connectivity index (χ1v) is 3.52. The van der Waals surface area contributed by atoms with Crippen molar-refractivity contribution in [3.8, 4) is 0 Å². The molecule has 0 aromatic heterocycles. The molecule has 1 aliphatic carbocycles. The van der Waals surface area contributed by atoms with Gasteiger partial charge in [-0.25, -0.2) is 0 Å². The summed E-state index contributed by atoms with van der Waals surface area (Å²) in [5, 5.41) is 0. The Balaban J connectivity index is 0. The van der Waals surface area contributed by atoms with E-state index in [0.29, 0.717) is 0 Å². The maximum atomic E-state index is 3.60. The van der Waals surface area contributed by atoms with Gasteiger partial charge in [0.15, 0.2) is 0 Å². The van der Waals surface area contributed by atoms with Crippen LogP contribution in [0.15, 0.2) is 24.3 Å². The molecule has 52 valence electrons. The van der Waals surface area contributed by atoms with Crippen LogP contribution in [0, 0.1) is 6.92 Å². The number of rotatable bonds is 1. The van der Waals surface area contributed by atoms with E-state index in [0.717, 1.165) is 12.8 Å². The van der Waals surface area contributed by atoms with Crippen LogP contribution < -0.4 is 18.9 Å². The summed E-state index contributed by atoms with van der Waals surface area (Å²) in [6.07, 6.45) is 11.8. The predicted octanol–water partition coefficient (Wildman–Crippen LogP) is 0.127. The first-order valence-electron chi connectivity index (χ1n) is 3.52. The smallest absolute Gasteiger partial charge is 0.343 e. The van der Waals surface area contributed by atoms with Crippen LogP contribution in [0.25, 0.3) is 0 Å². The maximum Gasteiger partial charge on any atom is 1.00 e. The minimum atomic E-state index is 0. The van der Waals surface area contributed by atoms with Crippen molar-refractivity contribution in [2.75, 3.05) is 0 Å². The van der Waals surface area contributed by atoms with Gasteiger partial charge < -0.3 is 6.92 Å². The van der Waals surface area contributed by atoms with Gasteiger partial charge in [0.1, 0.15) is 0 Å². The fourth-order valence-corrected chi connectivity index (χ4v) is 0.393. The van der Waals surface area contributed by atoms with Gasteiger partial charge in [-0.05, 0) is 6.42 Å². The minimum absolute atomic E-state index is 0. The molecule has 0 nitrogen and oxygen atoms in total. The number of hydrogen-bond donors (Lipinski definition) is 0. The number of allylic oxidation sites excluding steroid dienone is 4. The normalized spacial score (nSPS) is 11.8. The van der Waals surface area contributed by atoms with Crippen molar-refractivity contribution in [2.24, 2.45) is 0 Å². The van der Waals surface area contributed by atoms with Crippen LogP contribution in [0.5, 0.6) is 0 Å². The summed E-state index contributed by atoms with van der Waals surface area (Å²) >= 11 is 0. The topological polar surface area (TPSA) is 0 Å². The van der Waals surface area contributed by atoms with Gasteiger partial charge in [0.05, 0.1) is 0 Å². The summed E-state index contributed by atoms with van der Waals surface area (Å²) in [7, 11) is 0. The number of hydrogen-bond acceptors (Lipinski definition) is 0. The quantitative estimate of drug-likeness (QED) is 0.349. The second-order valence-electron chi connectivity index (χ2n) is 1.95. The Morgan fingerprint density at radius 2 is 1.70 bits per heavy atom. The molecule has 0 amide bonds. The fraction of sp³-hybridized carbons (Fsp3) is 0.444. The zero-order valence-electron chi connectivity index (χ0n) is 7.14. The average molecular weight is 130 g/mol. The molecule has 0 radical (unpaired) electrons. The van der Waals surface area contributed by atoms with Crippen molar-refractivity contribution in [3.63, 3.8) is 0 Å². The largest absolute Gasteiger partial charge is 1.00 e. The predicted molar refractivity (Wildman–Crippen MR) is 43.2 cm³/mol. The molecule has 0 saturated carbocycles. The Hall–Kier alpha value is 0.0774. The molecule has 0 fully saturated rings. The van der Waals surface area contributed by atoms with E-state index in [1.54, 1.807) is 0 Å². The SMILES string of the molecule is C1=CCC=C1.[CH2-]CCC.[Li+]. The second-order valence-corrected chi connectivity index (χ2v) is 1.95. The Morgan fingerprint density at radius 1 is 1.30 bits per heavy atom. The van der Waals surface area contributed by atoms with Gasteiger partial charge >= 0.3 is 18.9 Å². The first-order chi connectivity index (χ1) is 4.41. The second kappa shape index (κ2) is 11.8. The maximum absolute atomic E-state index is 3.60. The molecule has 1 heteroatoms. The Kier molecular flexibility index (Phi) is 15.0. The van der Waals surface area contributed by atoms with Crippen LogP contribution in [0.1, 0.15) is 26.2 Å². The molecule has 0 unspecified atom stereocenters. The van der Waals surface area contributed by atoms with Crippen LogP contribution in [0.2, 0.25) is 0 Å². The summed E-state index contributed by atoms with van der Waals surface area (Å²) in [5.74, 6) is 0. The molecule has 10 heavy (non-hydrogen) atoms. The van der Waals surface area contributed by atoms with Gasteiger partial charge in [-0.1, -0.05) is 37.6 Å². The zero-order valence-corrected chi connectivity index (χ0v) is 7.14. The molecule has 0 aliphatic heterocycles. The van der Waals surface area contributed by atoms with Gasteiger partial charge in [0.2, 0.25) is 0 Å². The molecule has 0 heterocycles. The summed E-state index contributed by atoms with van der Waals surface area (Å²) in [6, 6.07) is 0. The summed E-state index contributed by atoms with van der Waals surface area (Å²) in [5.41, 5.74) is 0. The van der Waals surface area contributed by atoms with E-state index in [-0.39, 0.29) is 18.9 Å². The van der Waals surface area contributed by atoms with Crippen LogP contribution in [-0.4, -0.2) is 0 Å². The third-order valence-electron chi connectivity index (χ3n) is 1.01. The molecule has 0 aromatic carbocycles. The van der Waals surface area contributed by atoms with Gasteiger partial charge in [0, 0.05) is 0 Å². The van der Waals surface area contributed by atoms with Gasteiger partial charge in [-0.15, -0.1) is 0 Å². The zero-order chi connectivity index (χ0) is 6.95. The van der Waals surface area contributed by atoms with Crippen molar-refractivity contribution in [1.82, 2.24) is 0 Å². The van der Waals surface area contributed by atoms with E-state index in [1.165, 1.54) is 6.42 Å². The van der Waals surface area contributed by atoms with E-state index in [4.69, 9.17) is 0 Å². The van der Waals surface area contributed by atoms with E-state index in [2.05, 4.69) is 38.2 Å². The number of unbranched alkanes of at least 4 members (excludes halogenated alkanes) is 1. The Labute approximate surface area is 76.6 Å². The molecule has 1 rings (SSSR count). The molecular weight excluding hydrogens is 115 g/mol. The van der Waals surface area contributed by atoms with Crippen LogP contribution in [0.3, 0.4) is 0 Å². The molecule has 0 spiro atoms. The van der Waals surface area contributed by atoms with Crippen molar-refractivity contribution in [2.45, 2.75) is 26.2 Å². The van der Waals surface area contributed by atoms with E-state index >= 15 is 0 Å². The minimum Gasteiger partial charge on any atom is -0.343 e. The average Bonchev–Trinajstić information content (AvgIpc) is 2.43. The third kappa shape index (κ3) is 11.0. The molecule has 1 aliphatic rings. The monoisotopic (exact) mass is 130 g/mol. The summed E-state index contributed by atoms with van der Waals surface area (Å²) in [4.78, 5) is 0. The first kappa shape index (κ1) is 12.7. The van der Waals surface area contributed by atoms with Crippen molar-refractivity contribution in [3.05, 3.63) is 31.2 Å². The molecular formula is C9H15Li. The van der Waals surface area contributed by atoms with E-state index < -0.39 is 0 Å². The van der Waals surface area contributed by atoms with Gasteiger partial charge in [0.25, 0.3) is 0 Å². The summed E-state index contributed by atoms with van der Waals surface area (Å²) in [6.45, 7) is 5.72. The fourth-order valence-electron chi connectivity index (χ4n) is 0.393. The molecule has 0 aromatic rings. The molecule has 0 saturated heterocycles. The third-order valence-corrected chi connectivity index (χ3v) is 1.01.